The van der Waals surface area contributed by atoms with Crippen LogP contribution in [0.5, 0.6) is 0 Å². The Bertz CT molecular complexity index is 1250. The normalized spacial score (nSPS) is 12.9. The number of hydrogen-bond donors (Lipinski definition) is 0. The first-order valence-electron chi connectivity index (χ1n) is 9.28. The van der Waals surface area contributed by atoms with E-state index in [4.69, 9.17) is 10.2 Å². The van der Waals surface area contributed by atoms with Gasteiger partial charge in [0.25, 0.3) is 0 Å². The Kier molecular flexibility index (Phi) is 4.83. The van der Waals surface area contributed by atoms with Crippen molar-refractivity contribution in [2.75, 3.05) is 12.0 Å². The fourth-order valence-corrected chi connectivity index (χ4v) is 5.10. The summed E-state index contributed by atoms with van der Waals surface area (Å²) in [6, 6.07) is 6.24. The number of aromatic nitrogens is 4. The molecule has 5 nitrogen and oxygen atoms in total. The third-order valence-corrected chi connectivity index (χ3v) is 7.67. The fourth-order valence-electron chi connectivity index (χ4n) is 3.59. The summed E-state index contributed by atoms with van der Waals surface area (Å²) < 4.78 is 16.8. The number of hydrogen-bond acceptors (Lipinski definition) is 4. The number of thioether (sulfide) groups is 1. The van der Waals surface area contributed by atoms with E-state index in [0.29, 0.717) is 11.6 Å². The number of nitrogens with zero attached hydrogens (tertiary/aromatic N) is 4. The number of aryl methyl sites for hydroxylation is 2. The third kappa shape index (κ3) is 2.79. The lowest BCUT2D eigenvalue weighted by Crippen LogP contribution is -2.04. The van der Waals surface area contributed by atoms with Gasteiger partial charge in [0, 0.05) is 27.9 Å². The van der Waals surface area contributed by atoms with Crippen LogP contribution in [0.3, 0.4) is 0 Å². The van der Waals surface area contributed by atoms with Gasteiger partial charge in [0.1, 0.15) is 4.90 Å². The maximum Gasteiger partial charge on any atom is 0.192 e. The molecule has 0 spiro atoms. The van der Waals surface area contributed by atoms with Crippen molar-refractivity contribution >= 4 is 39.0 Å². The molecule has 3 aromatic heterocycles. The van der Waals surface area contributed by atoms with Crippen LogP contribution >= 0.6 is 11.8 Å². The topological polar surface area (TPSA) is 52.2 Å². The molecule has 0 aliphatic carbocycles. The monoisotopic (exact) mass is 412 g/mol. The Balaban J connectivity index is 2.08. The smallest absolute Gasteiger partial charge is 0.192 e. The first kappa shape index (κ1) is 19.2. The van der Waals surface area contributed by atoms with E-state index < -0.39 is 10.8 Å². The van der Waals surface area contributed by atoms with Crippen molar-refractivity contribution in [1.82, 2.24) is 19.4 Å². The van der Waals surface area contributed by atoms with Crippen LogP contribution in [0.15, 0.2) is 34.2 Å². The second-order valence-electron chi connectivity index (χ2n) is 7.01. The first-order valence-corrected chi connectivity index (χ1v) is 11.8. The van der Waals surface area contributed by atoms with E-state index >= 15 is 0 Å². The van der Waals surface area contributed by atoms with Crippen molar-refractivity contribution in [3.8, 4) is 5.82 Å². The van der Waals surface area contributed by atoms with E-state index in [9.17, 15) is 4.21 Å². The van der Waals surface area contributed by atoms with Gasteiger partial charge in [-0.2, -0.15) is 5.10 Å². The van der Waals surface area contributed by atoms with Gasteiger partial charge in [0.2, 0.25) is 0 Å². The van der Waals surface area contributed by atoms with Gasteiger partial charge in [0.15, 0.2) is 5.82 Å². The number of pyridine rings is 1. The Hall–Kier alpha value is -2.12. The van der Waals surface area contributed by atoms with E-state index in [2.05, 4.69) is 52.1 Å². The van der Waals surface area contributed by atoms with Gasteiger partial charge in [-0.1, -0.05) is 13.0 Å². The van der Waals surface area contributed by atoms with E-state index in [-0.39, 0.29) is 0 Å². The molecule has 1 atom stereocenters. The highest BCUT2D eigenvalue weighted by molar-refractivity contribution is 7.98. The summed E-state index contributed by atoms with van der Waals surface area (Å²) in [7, 11) is -1.16. The number of fused-ring (bicyclic) bond motifs is 2. The van der Waals surface area contributed by atoms with Crippen LogP contribution in [0.1, 0.15) is 29.3 Å². The molecule has 3 heterocycles. The van der Waals surface area contributed by atoms with Gasteiger partial charge in [-0.05, 0) is 62.8 Å². The van der Waals surface area contributed by atoms with Crippen LogP contribution in [0, 0.1) is 27.7 Å². The summed E-state index contributed by atoms with van der Waals surface area (Å²) in [5, 5.41) is 10.7. The third-order valence-electron chi connectivity index (χ3n) is 5.59. The Morgan fingerprint density at radius 1 is 1.07 bits per heavy atom. The highest BCUT2D eigenvalue weighted by Gasteiger charge is 2.24. The van der Waals surface area contributed by atoms with Crippen LogP contribution in [0.4, 0.5) is 0 Å². The molecule has 4 rings (SSSR count). The van der Waals surface area contributed by atoms with Gasteiger partial charge < -0.3 is 0 Å². The minimum absolute atomic E-state index is 0.539. The van der Waals surface area contributed by atoms with Crippen molar-refractivity contribution in [2.45, 2.75) is 44.4 Å². The van der Waals surface area contributed by atoms with E-state index in [1.165, 1.54) is 16.0 Å². The number of benzene rings is 1. The van der Waals surface area contributed by atoms with Crippen molar-refractivity contribution in [3.05, 3.63) is 46.8 Å². The SMILES string of the molecule is CCS(=O)c1c(-n2cc3ccc(SC)cc3n2)nn2c(C)c(C)c(C)c(C)c12. The minimum atomic E-state index is -1.16. The Morgan fingerprint density at radius 3 is 2.50 bits per heavy atom. The molecule has 0 saturated carbocycles. The van der Waals surface area contributed by atoms with Gasteiger partial charge in [-0.25, -0.2) is 9.20 Å². The zero-order valence-electron chi connectivity index (χ0n) is 17.0. The molecule has 1 aromatic carbocycles. The average molecular weight is 413 g/mol. The van der Waals surface area contributed by atoms with Gasteiger partial charge in [-0.3, -0.25) is 4.21 Å². The number of rotatable bonds is 4. The lowest BCUT2D eigenvalue weighted by molar-refractivity contribution is 0.683. The molecule has 4 aromatic rings. The zero-order chi connectivity index (χ0) is 20.2. The van der Waals surface area contributed by atoms with Crippen LogP contribution in [-0.2, 0) is 10.8 Å². The molecule has 0 bridgehead atoms. The van der Waals surface area contributed by atoms with Crippen molar-refractivity contribution in [2.24, 2.45) is 0 Å². The molecule has 0 saturated heterocycles. The average Bonchev–Trinajstić information content (AvgIpc) is 3.30. The van der Waals surface area contributed by atoms with Crippen LogP contribution < -0.4 is 0 Å². The lowest BCUT2D eigenvalue weighted by atomic mass is 10.0. The molecular weight excluding hydrogens is 388 g/mol. The maximum absolute atomic E-state index is 13.1. The van der Waals surface area contributed by atoms with Crippen LogP contribution in [-0.4, -0.2) is 35.6 Å². The molecule has 0 aliphatic heterocycles. The van der Waals surface area contributed by atoms with Gasteiger partial charge in [-0.15, -0.1) is 16.9 Å². The predicted octanol–water partition coefficient (Wildman–Crippen LogP) is 4.76. The Morgan fingerprint density at radius 2 is 1.82 bits per heavy atom. The molecule has 0 amide bonds. The molecular formula is C21H24N4OS2. The molecule has 0 fully saturated rings. The Labute approximate surface area is 171 Å². The highest BCUT2D eigenvalue weighted by atomic mass is 32.2. The molecule has 1 unspecified atom stereocenters. The standard InChI is InChI=1S/C21H24N4OS2/c1-7-28(26)20-19-14(4)12(2)13(3)15(5)25(19)23-21(20)24-11-16-8-9-17(27-6)10-18(16)22-24/h8-11H,7H2,1-6H3. The predicted molar refractivity (Wildman–Crippen MR) is 117 cm³/mol. The summed E-state index contributed by atoms with van der Waals surface area (Å²) in [5.74, 6) is 1.19. The molecule has 0 aliphatic rings. The summed E-state index contributed by atoms with van der Waals surface area (Å²) in [5.41, 5.74) is 6.49. The van der Waals surface area contributed by atoms with E-state index in [0.717, 1.165) is 32.6 Å². The van der Waals surface area contributed by atoms with Gasteiger partial charge >= 0.3 is 0 Å². The first-order chi connectivity index (χ1) is 13.4. The molecule has 7 heteroatoms. The minimum Gasteiger partial charge on any atom is -0.254 e. The van der Waals surface area contributed by atoms with Crippen molar-refractivity contribution in [3.63, 3.8) is 0 Å². The molecule has 0 radical (unpaired) electrons. The largest absolute Gasteiger partial charge is 0.254 e. The second-order valence-corrected chi connectivity index (χ2v) is 9.56. The zero-order valence-corrected chi connectivity index (χ0v) is 18.7. The van der Waals surface area contributed by atoms with Crippen LogP contribution in [0.25, 0.3) is 22.2 Å². The maximum atomic E-state index is 13.1. The summed E-state index contributed by atoms with van der Waals surface area (Å²) in [6.07, 6.45) is 4.03. The summed E-state index contributed by atoms with van der Waals surface area (Å²) in [4.78, 5) is 1.94. The van der Waals surface area contributed by atoms with Crippen molar-refractivity contribution < 1.29 is 4.21 Å². The van der Waals surface area contributed by atoms with Crippen LogP contribution in [0.2, 0.25) is 0 Å². The fraction of sp³-hybridized carbons (Fsp3) is 0.333. The van der Waals surface area contributed by atoms with E-state index in [1.807, 2.05) is 17.6 Å². The molecule has 28 heavy (non-hydrogen) atoms. The van der Waals surface area contributed by atoms with E-state index in [1.54, 1.807) is 16.4 Å². The lowest BCUT2D eigenvalue weighted by Gasteiger charge is -2.12. The van der Waals surface area contributed by atoms with Crippen molar-refractivity contribution in [1.29, 1.82) is 0 Å². The molecule has 0 N–H and O–H groups in total. The van der Waals surface area contributed by atoms with Gasteiger partial charge in [0.05, 0.1) is 21.8 Å². The summed E-state index contributed by atoms with van der Waals surface area (Å²) >= 11 is 1.69. The second kappa shape index (κ2) is 7.04. The highest BCUT2D eigenvalue weighted by Crippen LogP contribution is 2.31. The molecule has 146 valence electrons. The summed E-state index contributed by atoms with van der Waals surface area (Å²) in [6.45, 7) is 10.3. The quantitative estimate of drug-likeness (QED) is 0.454.